The van der Waals surface area contributed by atoms with Gasteiger partial charge in [-0.05, 0) is 49.0 Å². The summed E-state index contributed by atoms with van der Waals surface area (Å²) in [4.78, 5) is 24.9. The molecule has 1 amide bonds. The molecule has 1 N–H and O–H groups in total. The summed E-state index contributed by atoms with van der Waals surface area (Å²) in [6.07, 6.45) is 5.48. The summed E-state index contributed by atoms with van der Waals surface area (Å²) in [6, 6.07) is 8.77. The molecule has 2 aromatic heterocycles. The van der Waals surface area contributed by atoms with Crippen molar-refractivity contribution in [2.45, 2.75) is 18.9 Å². The number of nitrogens with zero attached hydrogens (tertiary/aromatic N) is 3. The van der Waals surface area contributed by atoms with Crippen molar-refractivity contribution >= 4 is 33.8 Å². The average molecular weight is 395 g/mol. The van der Waals surface area contributed by atoms with Gasteiger partial charge in [-0.15, -0.1) is 11.3 Å². The number of hydrogen-bond acceptors (Lipinski definition) is 6. The maximum Gasteiger partial charge on any atom is 0.228 e. The fourth-order valence-corrected chi connectivity index (χ4v) is 4.53. The van der Waals surface area contributed by atoms with E-state index in [9.17, 15) is 4.79 Å². The van der Waals surface area contributed by atoms with Crippen molar-refractivity contribution in [3.8, 4) is 10.4 Å². The number of amides is 1. The lowest BCUT2D eigenvalue weighted by atomic mass is 9.94. The summed E-state index contributed by atoms with van der Waals surface area (Å²) in [5.74, 6) is 0.752. The molecule has 0 aliphatic carbocycles. The Kier molecular flexibility index (Phi) is 4.80. The molecule has 0 spiro atoms. The van der Waals surface area contributed by atoms with Gasteiger partial charge in [-0.1, -0.05) is 12.1 Å². The second-order valence-electron chi connectivity index (χ2n) is 7.49. The average Bonchev–Trinajstić information content (AvgIpc) is 3.21. The van der Waals surface area contributed by atoms with Crippen molar-refractivity contribution < 1.29 is 9.53 Å². The second-order valence-corrected chi connectivity index (χ2v) is 8.37. The molecule has 28 heavy (non-hydrogen) atoms. The molecular weight excluding hydrogens is 372 g/mol. The number of carbonyl (C=O) groups excluding carboxylic acids is 1. The van der Waals surface area contributed by atoms with E-state index in [0.717, 1.165) is 60.4 Å². The zero-order chi connectivity index (χ0) is 18.9. The molecule has 0 atom stereocenters. The van der Waals surface area contributed by atoms with Gasteiger partial charge in [0.05, 0.1) is 29.6 Å². The molecule has 3 aromatic rings. The van der Waals surface area contributed by atoms with Gasteiger partial charge in [0.25, 0.3) is 0 Å². The first kappa shape index (κ1) is 17.7. The van der Waals surface area contributed by atoms with Crippen LogP contribution in [0.15, 0.2) is 42.2 Å². The highest BCUT2D eigenvalue weighted by Crippen LogP contribution is 2.28. The van der Waals surface area contributed by atoms with Gasteiger partial charge in [0.15, 0.2) is 0 Å². The van der Waals surface area contributed by atoms with Crippen LogP contribution in [0, 0.1) is 5.92 Å². The van der Waals surface area contributed by atoms with E-state index in [1.54, 1.807) is 11.3 Å². The van der Waals surface area contributed by atoms with Crippen LogP contribution in [-0.4, -0.2) is 53.1 Å². The SMILES string of the molecule is O=C(Nc1cc2cc(-c3cncs3)ccc2cn1)C1CCN(C2COC2)CC1. The van der Waals surface area contributed by atoms with Gasteiger partial charge in [-0.3, -0.25) is 14.7 Å². The van der Waals surface area contributed by atoms with Crippen molar-refractivity contribution in [3.05, 3.63) is 42.2 Å². The highest BCUT2D eigenvalue weighted by molar-refractivity contribution is 7.13. The van der Waals surface area contributed by atoms with Crippen LogP contribution in [0.4, 0.5) is 5.82 Å². The van der Waals surface area contributed by atoms with Crippen LogP contribution in [0.25, 0.3) is 21.2 Å². The van der Waals surface area contributed by atoms with Crippen LogP contribution in [0.2, 0.25) is 0 Å². The third-order valence-corrected chi connectivity index (χ3v) is 6.55. The van der Waals surface area contributed by atoms with Gasteiger partial charge >= 0.3 is 0 Å². The number of thiazole rings is 1. The van der Waals surface area contributed by atoms with Crippen molar-refractivity contribution in [2.24, 2.45) is 5.92 Å². The van der Waals surface area contributed by atoms with E-state index in [1.165, 1.54) is 0 Å². The quantitative estimate of drug-likeness (QED) is 0.735. The zero-order valence-corrected chi connectivity index (χ0v) is 16.3. The van der Waals surface area contributed by atoms with Crippen LogP contribution in [0.5, 0.6) is 0 Å². The number of fused-ring (bicyclic) bond motifs is 1. The lowest BCUT2D eigenvalue weighted by Gasteiger charge is -2.41. The molecule has 6 nitrogen and oxygen atoms in total. The summed E-state index contributed by atoms with van der Waals surface area (Å²) in [6.45, 7) is 3.60. The molecule has 0 radical (unpaired) electrons. The molecule has 2 aliphatic rings. The molecular formula is C21H22N4O2S. The molecule has 7 heteroatoms. The number of aromatic nitrogens is 2. The third kappa shape index (κ3) is 3.53. The number of pyridine rings is 1. The highest BCUT2D eigenvalue weighted by atomic mass is 32.1. The second kappa shape index (κ2) is 7.58. The number of hydrogen-bond donors (Lipinski definition) is 1. The Balaban J connectivity index is 1.27. The molecule has 5 rings (SSSR count). The van der Waals surface area contributed by atoms with Crippen LogP contribution < -0.4 is 5.32 Å². The Morgan fingerprint density at radius 3 is 2.71 bits per heavy atom. The Morgan fingerprint density at radius 1 is 1.14 bits per heavy atom. The number of ether oxygens (including phenoxy) is 1. The van der Waals surface area contributed by atoms with E-state index in [1.807, 2.05) is 24.0 Å². The van der Waals surface area contributed by atoms with Gasteiger partial charge in [-0.2, -0.15) is 0 Å². The van der Waals surface area contributed by atoms with Gasteiger partial charge in [0.1, 0.15) is 5.82 Å². The first-order chi connectivity index (χ1) is 13.8. The third-order valence-electron chi connectivity index (χ3n) is 5.73. The van der Waals surface area contributed by atoms with E-state index in [-0.39, 0.29) is 11.8 Å². The van der Waals surface area contributed by atoms with Crippen LogP contribution >= 0.6 is 11.3 Å². The van der Waals surface area contributed by atoms with Gasteiger partial charge in [0.2, 0.25) is 5.91 Å². The molecule has 0 bridgehead atoms. The molecule has 4 heterocycles. The van der Waals surface area contributed by atoms with E-state index in [2.05, 4.69) is 38.4 Å². The van der Waals surface area contributed by atoms with Crippen LogP contribution in [0.1, 0.15) is 12.8 Å². The van der Waals surface area contributed by atoms with Gasteiger partial charge in [-0.25, -0.2) is 4.98 Å². The summed E-state index contributed by atoms with van der Waals surface area (Å²) in [7, 11) is 0. The Bertz CT molecular complexity index is 979. The normalized spacial score (nSPS) is 18.9. The Hall–Kier alpha value is -2.35. The molecule has 2 fully saturated rings. The van der Waals surface area contributed by atoms with E-state index in [4.69, 9.17) is 4.74 Å². The monoisotopic (exact) mass is 394 g/mol. The molecule has 2 saturated heterocycles. The maximum absolute atomic E-state index is 12.7. The van der Waals surface area contributed by atoms with Gasteiger partial charge < -0.3 is 10.1 Å². The number of piperidine rings is 1. The summed E-state index contributed by atoms with van der Waals surface area (Å²) >= 11 is 1.62. The Morgan fingerprint density at radius 2 is 2.00 bits per heavy atom. The highest BCUT2D eigenvalue weighted by Gasteiger charge is 2.32. The molecule has 0 saturated carbocycles. The van der Waals surface area contributed by atoms with Crippen molar-refractivity contribution in [1.29, 1.82) is 0 Å². The van der Waals surface area contributed by atoms with Crippen LogP contribution in [0.3, 0.4) is 0 Å². The topological polar surface area (TPSA) is 67.4 Å². The van der Waals surface area contributed by atoms with Crippen LogP contribution in [-0.2, 0) is 9.53 Å². The lowest BCUT2D eigenvalue weighted by molar-refractivity contribution is -0.123. The first-order valence-electron chi connectivity index (χ1n) is 9.67. The fourth-order valence-electron chi connectivity index (χ4n) is 3.91. The maximum atomic E-state index is 12.7. The number of nitrogens with one attached hydrogen (secondary N) is 1. The van der Waals surface area contributed by atoms with E-state index in [0.29, 0.717) is 11.9 Å². The number of rotatable bonds is 4. The number of benzene rings is 1. The minimum absolute atomic E-state index is 0.0540. The zero-order valence-electron chi connectivity index (χ0n) is 15.5. The summed E-state index contributed by atoms with van der Waals surface area (Å²) in [5.41, 5.74) is 2.96. The summed E-state index contributed by atoms with van der Waals surface area (Å²) in [5, 5.41) is 5.15. The smallest absolute Gasteiger partial charge is 0.228 e. The number of likely N-dealkylation sites (tertiary alicyclic amines) is 1. The Labute approximate surface area is 167 Å². The van der Waals surface area contributed by atoms with Crippen molar-refractivity contribution in [3.63, 3.8) is 0 Å². The predicted molar refractivity (Wildman–Crippen MR) is 110 cm³/mol. The standard InChI is InChI=1S/C21H22N4O2S/c26-21(14-3-5-25(6-4-14)18-11-27-12-18)24-20-8-17-7-15(19-10-22-13-28-19)1-2-16(17)9-23-20/h1-2,7-10,13-14,18H,3-6,11-12H2,(H,23,24,26). The van der Waals surface area contributed by atoms with Gasteiger partial charge in [0, 0.05) is 23.7 Å². The largest absolute Gasteiger partial charge is 0.378 e. The number of anilines is 1. The molecule has 2 aliphatic heterocycles. The lowest BCUT2D eigenvalue weighted by Crippen LogP contribution is -2.52. The first-order valence-corrected chi connectivity index (χ1v) is 10.6. The minimum atomic E-state index is 0.0540. The molecule has 144 valence electrons. The minimum Gasteiger partial charge on any atom is -0.378 e. The van der Waals surface area contributed by atoms with Crippen molar-refractivity contribution in [2.75, 3.05) is 31.6 Å². The summed E-state index contributed by atoms with van der Waals surface area (Å²) < 4.78 is 5.28. The molecule has 0 unspecified atom stereocenters. The van der Waals surface area contributed by atoms with E-state index >= 15 is 0 Å². The number of carbonyl (C=O) groups is 1. The van der Waals surface area contributed by atoms with E-state index < -0.39 is 0 Å². The molecule has 1 aromatic carbocycles. The fraction of sp³-hybridized carbons (Fsp3) is 0.381. The van der Waals surface area contributed by atoms with Crippen molar-refractivity contribution in [1.82, 2.24) is 14.9 Å². The predicted octanol–water partition coefficient (Wildman–Crippen LogP) is 3.41.